The zero-order valence-electron chi connectivity index (χ0n) is 13.5. The van der Waals surface area contributed by atoms with Crippen LogP contribution in [0, 0.1) is 0 Å². The molecule has 0 N–H and O–H groups in total. The number of amides is 1. The number of halogens is 2. The van der Waals surface area contributed by atoms with Crippen molar-refractivity contribution in [2.24, 2.45) is 0 Å². The fourth-order valence-electron chi connectivity index (χ4n) is 1.96. The van der Waals surface area contributed by atoms with E-state index in [0.717, 1.165) is 0 Å². The molecule has 0 aliphatic carbocycles. The average Bonchev–Trinajstić information content (AvgIpc) is 2.46. The largest absolute Gasteiger partial charge is 0.466 e. The van der Waals surface area contributed by atoms with E-state index in [-0.39, 0.29) is 24.3 Å². The van der Waals surface area contributed by atoms with E-state index in [1.54, 1.807) is 36.1 Å². The Morgan fingerprint density at radius 3 is 2.57 bits per heavy atom. The van der Waals surface area contributed by atoms with Crippen LogP contribution in [0.15, 0.2) is 24.3 Å². The Kier molecular flexibility index (Phi) is 8.13. The van der Waals surface area contributed by atoms with Gasteiger partial charge < -0.3 is 9.64 Å². The molecule has 0 saturated heterocycles. The summed E-state index contributed by atoms with van der Waals surface area (Å²) in [6.45, 7) is 6.19. The Bertz CT molecular complexity index is 585. The molecule has 126 valence electrons. The van der Waals surface area contributed by atoms with E-state index in [1.807, 2.05) is 13.8 Å². The lowest BCUT2D eigenvalue weighted by atomic mass is 10.2. The topological polar surface area (TPSA) is 46.6 Å². The summed E-state index contributed by atoms with van der Waals surface area (Å²) >= 11 is 11.9. The highest BCUT2D eigenvalue weighted by Gasteiger charge is 2.16. The summed E-state index contributed by atoms with van der Waals surface area (Å²) in [6.07, 6.45) is 3.26. The predicted molar refractivity (Wildman–Crippen MR) is 93.6 cm³/mol. The van der Waals surface area contributed by atoms with Crippen molar-refractivity contribution in [2.45, 2.75) is 33.2 Å². The molecule has 1 aromatic carbocycles. The Hall–Kier alpha value is -1.52. The third kappa shape index (κ3) is 6.63. The van der Waals surface area contributed by atoms with Crippen LogP contribution in [0.3, 0.4) is 0 Å². The van der Waals surface area contributed by atoms with E-state index >= 15 is 0 Å². The van der Waals surface area contributed by atoms with E-state index < -0.39 is 0 Å². The Morgan fingerprint density at radius 1 is 1.30 bits per heavy atom. The molecular formula is C17H21Cl2NO3. The minimum absolute atomic E-state index is 0.0257. The van der Waals surface area contributed by atoms with Gasteiger partial charge in [0.15, 0.2) is 0 Å². The molecule has 0 unspecified atom stereocenters. The number of benzene rings is 1. The number of esters is 1. The van der Waals surface area contributed by atoms with Gasteiger partial charge in [0.25, 0.3) is 0 Å². The van der Waals surface area contributed by atoms with Gasteiger partial charge in [0, 0.05) is 28.7 Å². The zero-order valence-corrected chi connectivity index (χ0v) is 15.0. The second-order valence-electron chi connectivity index (χ2n) is 5.18. The lowest BCUT2D eigenvalue weighted by Crippen LogP contribution is -2.37. The van der Waals surface area contributed by atoms with Gasteiger partial charge in [-0.05, 0) is 44.5 Å². The SMILES string of the molecule is CCOC(=O)CCN(C(=O)/C=C/c1ccc(Cl)cc1Cl)C(C)C. The van der Waals surface area contributed by atoms with Gasteiger partial charge in [-0.3, -0.25) is 9.59 Å². The van der Waals surface area contributed by atoms with Crippen LogP contribution in [0.4, 0.5) is 0 Å². The fourth-order valence-corrected chi connectivity index (χ4v) is 2.43. The lowest BCUT2D eigenvalue weighted by Gasteiger charge is -2.25. The average molecular weight is 358 g/mol. The normalized spacial score (nSPS) is 11.0. The minimum Gasteiger partial charge on any atom is -0.466 e. The first-order chi connectivity index (χ1) is 10.8. The maximum atomic E-state index is 12.3. The van der Waals surface area contributed by atoms with Gasteiger partial charge in [0.1, 0.15) is 0 Å². The molecule has 0 radical (unpaired) electrons. The Morgan fingerprint density at radius 2 is 2.00 bits per heavy atom. The number of nitrogens with zero attached hydrogens (tertiary/aromatic N) is 1. The third-order valence-electron chi connectivity index (χ3n) is 3.14. The van der Waals surface area contributed by atoms with Gasteiger partial charge in [-0.1, -0.05) is 29.3 Å². The number of carbonyl (C=O) groups excluding carboxylic acids is 2. The first-order valence-corrected chi connectivity index (χ1v) is 8.20. The summed E-state index contributed by atoms with van der Waals surface area (Å²) in [7, 11) is 0. The molecule has 0 aliphatic rings. The van der Waals surface area contributed by atoms with Crippen molar-refractivity contribution in [1.82, 2.24) is 4.90 Å². The van der Waals surface area contributed by atoms with Gasteiger partial charge in [0.2, 0.25) is 5.91 Å². The molecule has 0 aliphatic heterocycles. The molecule has 23 heavy (non-hydrogen) atoms. The molecule has 0 spiro atoms. The van der Waals surface area contributed by atoms with E-state index in [1.165, 1.54) is 6.08 Å². The second-order valence-corrected chi connectivity index (χ2v) is 6.02. The van der Waals surface area contributed by atoms with Crippen molar-refractivity contribution in [1.29, 1.82) is 0 Å². The highest BCUT2D eigenvalue weighted by atomic mass is 35.5. The molecule has 0 fully saturated rings. The van der Waals surface area contributed by atoms with Crippen molar-refractivity contribution in [3.8, 4) is 0 Å². The van der Waals surface area contributed by atoms with Crippen LogP contribution in [0.1, 0.15) is 32.8 Å². The van der Waals surface area contributed by atoms with Crippen molar-refractivity contribution < 1.29 is 14.3 Å². The van der Waals surface area contributed by atoms with Crippen LogP contribution < -0.4 is 0 Å². The van der Waals surface area contributed by atoms with Crippen molar-refractivity contribution >= 4 is 41.2 Å². The molecule has 0 bridgehead atoms. The highest BCUT2D eigenvalue weighted by molar-refractivity contribution is 6.35. The second kappa shape index (κ2) is 9.58. The van der Waals surface area contributed by atoms with Crippen LogP contribution in [-0.4, -0.2) is 36.0 Å². The quantitative estimate of drug-likeness (QED) is 0.542. The van der Waals surface area contributed by atoms with Crippen LogP contribution >= 0.6 is 23.2 Å². The Labute approximate surface area is 147 Å². The van der Waals surface area contributed by atoms with E-state index in [4.69, 9.17) is 27.9 Å². The van der Waals surface area contributed by atoms with Gasteiger partial charge in [-0.2, -0.15) is 0 Å². The monoisotopic (exact) mass is 357 g/mol. The maximum Gasteiger partial charge on any atom is 0.307 e. The standard InChI is InChI=1S/C17H21Cl2NO3/c1-4-23-17(22)9-10-20(12(2)3)16(21)8-6-13-5-7-14(18)11-15(13)19/h5-8,11-12H,4,9-10H2,1-3H3/b8-6+. The molecule has 1 aromatic rings. The van der Waals surface area contributed by atoms with Crippen LogP contribution in [-0.2, 0) is 14.3 Å². The van der Waals surface area contributed by atoms with Crippen molar-refractivity contribution in [3.63, 3.8) is 0 Å². The summed E-state index contributed by atoms with van der Waals surface area (Å²) in [5.41, 5.74) is 0.707. The van der Waals surface area contributed by atoms with Gasteiger partial charge in [0.05, 0.1) is 13.0 Å². The van der Waals surface area contributed by atoms with Crippen LogP contribution in [0.2, 0.25) is 10.0 Å². The van der Waals surface area contributed by atoms with Gasteiger partial charge in [-0.25, -0.2) is 0 Å². The molecule has 1 rings (SSSR count). The first kappa shape index (κ1) is 19.5. The van der Waals surface area contributed by atoms with Gasteiger partial charge >= 0.3 is 5.97 Å². The molecule has 0 atom stereocenters. The van der Waals surface area contributed by atoms with E-state index in [9.17, 15) is 9.59 Å². The van der Waals surface area contributed by atoms with Crippen molar-refractivity contribution in [3.05, 3.63) is 39.9 Å². The summed E-state index contributed by atoms with van der Waals surface area (Å²) in [5, 5.41) is 1.01. The molecule has 6 heteroatoms. The number of rotatable bonds is 7. The zero-order chi connectivity index (χ0) is 17.4. The van der Waals surface area contributed by atoms with Crippen LogP contribution in [0.25, 0.3) is 6.08 Å². The molecule has 0 aromatic heterocycles. The van der Waals surface area contributed by atoms with E-state index in [2.05, 4.69) is 0 Å². The summed E-state index contributed by atoms with van der Waals surface area (Å²) in [5.74, 6) is -0.494. The number of hydrogen-bond acceptors (Lipinski definition) is 3. The first-order valence-electron chi connectivity index (χ1n) is 7.44. The van der Waals surface area contributed by atoms with Crippen molar-refractivity contribution in [2.75, 3.05) is 13.2 Å². The van der Waals surface area contributed by atoms with Crippen LogP contribution in [0.5, 0.6) is 0 Å². The summed E-state index contributed by atoms with van der Waals surface area (Å²) in [6, 6.07) is 5.04. The molecule has 0 saturated carbocycles. The molecule has 4 nitrogen and oxygen atoms in total. The number of ether oxygens (including phenoxy) is 1. The minimum atomic E-state index is -0.310. The predicted octanol–water partition coefficient (Wildman–Crippen LogP) is 4.20. The highest BCUT2D eigenvalue weighted by Crippen LogP contribution is 2.22. The third-order valence-corrected chi connectivity index (χ3v) is 3.70. The molecule has 0 heterocycles. The summed E-state index contributed by atoms with van der Waals surface area (Å²) < 4.78 is 4.88. The number of carbonyl (C=O) groups is 2. The molecule has 1 amide bonds. The Balaban J connectivity index is 2.74. The summed E-state index contributed by atoms with van der Waals surface area (Å²) in [4.78, 5) is 25.4. The van der Waals surface area contributed by atoms with Gasteiger partial charge in [-0.15, -0.1) is 0 Å². The van der Waals surface area contributed by atoms with E-state index in [0.29, 0.717) is 28.8 Å². The number of hydrogen-bond donors (Lipinski definition) is 0. The lowest BCUT2D eigenvalue weighted by molar-refractivity contribution is -0.144. The molecular weight excluding hydrogens is 337 g/mol. The fraction of sp³-hybridized carbons (Fsp3) is 0.412. The maximum absolute atomic E-state index is 12.3. The smallest absolute Gasteiger partial charge is 0.307 e.